The zero-order chi connectivity index (χ0) is 12.9. The third-order valence-electron chi connectivity index (χ3n) is 3.30. The van der Waals surface area contributed by atoms with Crippen molar-refractivity contribution >= 4 is 11.5 Å². The SMILES string of the molecule is c1ccc(CCC2=NNCN2c2ccccc2)cc1. The van der Waals surface area contributed by atoms with Gasteiger partial charge in [0.1, 0.15) is 12.5 Å². The highest BCUT2D eigenvalue weighted by Crippen LogP contribution is 2.17. The molecule has 0 saturated carbocycles. The Labute approximate surface area is 113 Å². The zero-order valence-corrected chi connectivity index (χ0v) is 10.8. The average Bonchev–Trinajstić information content (AvgIpc) is 2.95. The number of benzene rings is 2. The lowest BCUT2D eigenvalue weighted by molar-refractivity contribution is 0.807. The van der Waals surface area contributed by atoms with Crippen LogP contribution in [0.25, 0.3) is 0 Å². The number of para-hydroxylation sites is 1. The van der Waals surface area contributed by atoms with Gasteiger partial charge in [0, 0.05) is 12.1 Å². The maximum Gasteiger partial charge on any atom is 0.131 e. The fraction of sp³-hybridized carbons (Fsp3) is 0.188. The van der Waals surface area contributed by atoms with Gasteiger partial charge in [-0.2, -0.15) is 5.10 Å². The van der Waals surface area contributed by atoms with E-state index in [0.717, 1.165) is 25.3 Å². The van der Waals surface area contributed by atoms with Crippen LogP contribution in [0.5, 0.6) is 0 Å². The van der Waals surface area contributed by atoms with E-state index in [4.69, 9.17) is 0 Å². The fourth-order valence-corrected chi connectivity index (χ4v) is 2.29. The maximum absolute atomic E-state index is 4.40. The molecule has 3 heteroatoms. The van der Waals surface area contributed by atoms with Gasteiger partial charge in [0.15, 0.2) is 0 Å². The molecule has 3 nitrogen and oxygen atoms in total. The van der Waals surface area contributed by atoms with Crippen LogP contribution in [-0.4, -0.2) is 12.5 Å². The van der Waals surface area contributed by atoms with Gasteiger partial charge in [-0.3, -0.25) is 5.43 Å². The van der Waals surface area contributed by atoms with Gasteiger partial charge in [-0.15, -0.1) is 0 Å². The number of rotatable bonds is 4. The first-order valence-electron chi connectivity index (χ1n) is 6.59. The van der Waals surface area contributed by atoms with Gasteiger partial charge in [0.25, 0.3) is 0 Å². The van der Waals surface area contributed by atoms with Crippen molar-refractivity contribution in [1.82, 2.24) is 5.43 Å². The Bertz CT molecular complexity index is 549. The summed E-state index contributed by atoms with van der Waals surface area (Å²) in [6.45, 7) is 0.758. The van der Waals surface area contributed by atoms with Gasteiger partial charge < -0.3 is 4.90 Å². The Morgan fingerprint density at radius 2 is 1.58 bits per heavy atom. The maximum atomic E-state index is 4.40. The molecular weight excluding hydrogens is 234 g/mol. The van der Waals surface area contributed by atoms with E-state index in [2.05, 4.69) is 70.0 Å². The monoisotopic (exact) mass is 251 g/mol. The number of aryl methyl sites for hydroxylation is 1. The Balaban J connectivity index is 1.67. The molecule has 0 amide bonds. The third-order valence-corrected chi connectivity index (χ3v) is 3.30. The molecule has 0 saturated heterocycles. The molecule has 0 spiro atoms. The van der Waals surface area contributed by atoms with E-state index in [9.17, 15) is 0 Å². The van der Waals surface area contributed by atoms with Gasteiger partial charge in [0.2, 0.25) is 0 Å². The molecule has 0 aromatic heterocycles. The van der Waals surface area contributed by atoms with Crippen LogP contribution in [0.1, 0.15) is 12.0 Å². The first kappa shape index (κ1) is 11.8. The van der Waals surface area contributed by atoms with Crippen LogP contribution in [0, 0.1) is 0 Å². The second-order valence-corrected chi connectivity index (χ2v) is 4.59. The summed E-state index contributed by atoms with van der Waals surface area (Å²) in [7, 11) is 0. The van der Waals surface area contributed by atoms with Crippen molar-refractivity contribution in [3.05, 3.63) is 66.2 Å². The molecule has 1 aliphatic heterocycles. The summed E-state index contributed by atoms with van der Waals surface area (Å²) in [5.74, 6) is 1.11. The van der Waals surface area contributed by atoms with Crippen LogP contribution >= 0.6 is 0 Å². The Kier molecular flexibility index (Phi) is 3.45. The van der Waals surface area contributed by atoms with E-state index < -0.39 is 0 Å². The fourth-order valence-electron chi connectivity index (χ4n) is 2.29. The molecule has 96 valence electrons. The lowest BCUT2D eigenvalue weighted by Crippen LogP contribution is -2.29. The molecule has 1 N–H and O–H groups in total. The Morgan fingerprint density at radius 1 is 0.895 bits per heavy atom. The predicted octanol–water partition coefficient (Wildman–Crippen LogP) is 3.00. The van der Waals surface area contributed by atoms with Gasteiger partial charge >= 0.3 is 0 Å². The number of nitrogens with one attached hydrogen (secondary N) is 1. The highest BCUT2D eigenvalue weighted by atomic mass is 15.5. The molecule has 0 aliphatic carbocycles. The number of anilines is 1. The average molecular weight is 251 g/mol. The minimum absolute atomic E-state index is 0.758. The van der Waals surface area contributed by atoms with Gasteiger partial charge in [-0.1, -0.05) is 48.5 Å². The van der Waals surface area contributed by atoms with Gasteiger partial charge in [0.05, 0.1) is 0 Å². The molecule has 0 radical (unpaired) electrons. The lowest BCUT2D eigenvalue weighted by Gasteiger charge is -2.19. The van der Waals surface area contributed by atoms with E-state index in [1.165, 1.54) is 11.3 Å². The topological polar surface area (TPSA) is 27.6 Å². The Hall–Kier alpha value is -2.29. The zero-order valence-electron chi connectivity index (χ0n) is 10.8. The van der Waals surface area contributed by atoms with Crippen LogP contribution in [0.2, 0.25) is 0 Å². The van der Waals surface area contributed by atoms with E-state index in [1.807, 2.05) is 6.07 Å². The smallest absolute Gasteiger partial charge is 0.131 e. The second kappa shape index (κ2) is 5.57. The van der Waals surface area contributed by atoms with Crippen molar-refractivity contribution in [2.24, 2.45) is 5.10 Å². The van der Waals surface area contributed by atoms with E-state index in [0.29, 0.717) is 0 Å². The highest BCUT2D eigenvalue weighted by Gasteiger charge is 2.17. The third kappa shape index (κ3) is 2.76. The molecule has 3 rings (SSSR count). The molecule has 0 unspecified atom stereocenters. The molecule has 0 atom stereocenters. The molecule has 0 bridgehead atoms. The summed E-state index contributed by atoms with van der Waals surface area (Å²) in [6.07, 6.45) is 1.97. The van der Waals surface area contributed by atoms with Crippen LogP contribution < -0.4 is 10.3 Å². The normalized spacial score (nSPS) is 14.1. The van der Waals surface area contributed by atoms with Crippen LogP contribution in [-0.2, 0) is 6.42 Å². The summed E-state index contributed by atoms with van der Waals surface area (Å²) in [6, 6.07) is 20.9. The quantitative estimate of drug-likeness (QED) is 0.904. The molecule has 1 aliphatic rings. The first-order valence-corrected chi connectivity index (χ1v) is 6.59. The summed E-state index contributed by atoms with van der Waals surface area (Å²) in [5, 5.41) is 4.40. The molecular formula is C16H17N3. The van der Waals surface area contributed by atoms with Crippen molar-refractivity contribution in [2.45, 2.75) is 12.8 Å². The van der Waals surface area contributed by atoms with Gasteiger partial charge in [-0.25, -0.2) is 0 Å². The Morgan fingerprint density at radius 3 is 2.32 bits per heavy atom. The summed E-state index contributed by atoms with van der Waals surface area (Å²) in [5.41, 5.74) is 5.62. The minimum atomic E-state index is 0.758. The van der Waals surface area contributed by atoms with Crippen LogP contribution in [0.15, 0.2) is 65.8 Å². The molecule has 2 aromatic rings. The number of hydrogen-bond acceptors (Lipinski definition) is 3. The van der Waals surface area contributed by atoms with Crippen LogP contribution in [0.4, 0.5) is 5.69 Å². The van der Waals surface area contributed by atoms with E-state index >= 15 is 0 Å². The summed E-state index contributed by atoms with van der Waals surface area (Å²) >= 11 is 0. The van der Waals surface area contributed by atoms with Crippen molar-refractivity contribution in [3.63, 3.8) is 0 Å². The van der Waals surface area contributed by atoms with Gasteiger partial charge in [-0.05, 0) is 24.1 Å². The largest absolute Gasteiger partial charge is 0.309 e. The lowest BCUT2D eigenvalue weighted by atomic mass is 10.1. The highest BCUT2D eigenvalue weighted by molar-refractivity contribution is 5.98. The van der Waals surface area contributed by atoms with Crippen molar-refractivity contribution in [2.75, 3.05) is 11.6 Å². The van der Waals surface area contributed by atoms with Crippen molar-refractivity contribution in [3.8, 4) is 0 Å². The molecule has 1 heterocycles. The van der Waals surface area contributed by atoms with Crippen LogP contribution in [0.3, 0.4) is 0 Å². The van der Waals surface area contributed by atoms with E-state index in [-0.39, 0.29) is 0 Å². The number of hydrazone groups is 1. The summed E-state index contributed by atoms with van der Waals surface area (Å²) in [4.78, 5) is 2.23. The molecule has 2 aromatic carbocycles. The van der Waals surface area contributed by atoms with Crippen molar-refractivity contribution < 1.29 is 0 Å². The number of hydrogen-bond donors (Lipinski definition) is 1. The second-order valence-electron chi connectivity index (χ2n) is 4.59. The summed E-state index contributed by atoms with van der Waals surface area (Å²) < 4.78 is 0. The number of nitrogens with zero attached hydrogens (tertiary/aromatic N) is 2. The standard InChI is InChI=1S/C16H17N3/c1-3-7-14(8-4-1)11-12-16-18-17-13-19(16)15-9-5-2-6-10-15/h1-10,17H,11-13H2. The first-order chi connectivity index (χ1) is 9.43. The predicted molar refractivity (Wildman–Crippen MR) is 79.1 cm³/mol. The molecule has 0 fully saturated rings. The van der Waals surface area contributed by atoms with E-state index in [1.54, 1.807) is 0 Å². The van der Waals surface area contributed by atoms with Crippen molar-refractivity contribution in [1.29, 1.82) is 0 Å². The molecule has 19 heavy (non-hydrogen) atoms. The minimum Gasteiger partial charge on any atom is -0.309 e. The number of amidine groups is 1.